The largest absolute Gasteiger partial charge is 0.457 e. The molecular formula is C54H51NO. The fourth-order valence-electron chi connectivity index (χ4n) is 11.1. The Bertz CT molecular complexity index is 2460. The van der Waals surface area contributed by atoms with Gasteiger partial charge in [-0.25, -0.2) is 0 Å². The van der Waals surface area contributed by atoms with Crippen LogP contribution < -0.4 is 4.74 Å². The second-order valence-electron chi connectivity index (χ2n) is 17.2. The highest BCUT2D eigenvalue weighted by Crippen LogP contribution is 2.67. The molecule has 0 N–H and O–H groups in total. The number of hydrogen-bond acceptors (Lipinski definition) is 2. The molecule has 2 heteroatoms. The molecule has 0 radical (unpaired) electrons. The van der Waals surface area contributed by atoms with Crippen LogP contribution in [0.2, 0.25) is 0 Å². The zero-order valence-corrected chi connectivity index (χ0v) is 33.1. The van der Waals surface area contributed by atoms with Crippen LogP contribution in [-0.4, -0.2) is 5.71 Å². The molecule has 10 rings (SSSR count). The predicted octanol–water partition coefficient (Wildman–Crippen LogP) is 14.0. The van der Waals surface area contributed by atoms with E-state index in [9.17, 15) is 0 Å². The van der Waals surface area contributed by atoms with Crippen LogP contribution in [0.5, 0.6) is 11.5 Å². The van der Waals surface area contributed by atoms with Gasteiger partial charge in [-0.1, -0.05) is 161 Å². The molecular weight excluding hydrogens is 679 g/mol. The van der Waals surface area contributed by atoms with Crippen molar-refractivity contribution in [1.29, 1.82) is 0 Å². The van der Waals surface area contributed by atoms with Crippen LogP contribution in [0, 0.1) is 29.6 Å². The molecule has 278 valence electrons. The van der Waals surface area contributed by atoms with Crippen molar-refractivity contribution in [3.8, 4) is 22.6 Å². The number of nitrogens with zero attached hydrogens (tertiary/aromatic N) is 1. The molecule has 5 aliphatic carbocycles. The summed E-state index contributed by atoms with van der Waals surface area (Å²) in [4.78, 5) is 5.51. The molecule has 1 saturated carbocycles. The van der Waals surface area contributed by atoms with E-state index in [4.69, 9.17) is 9.73 Å². The quantitative estimate of drug-likeness (QED) is 0.174. The highest BCUT2D eigenvalue weighted by Gasteiger charge is 2.62. The van der Waals surface area contributed by atoms with Gasteiger partial charge in [-0.15, -0.1) is 0 Å². The summed E-state index contributed by atoms with van der Waals surface area (Å²) in [5.74, 6) is 3.81. The Hall–Kier alpha value is -5.47. The van der Waals surface area contributed by atoms with Crippen molar-refractivity contribution in [2.75, 3.05) is 0 Å². The lowest BCUT2D eigenvalue weighted by Crippen LogP contribution is -2.41. The summed E-state index contributed by atoms with van der Waals surface area (Å²) >= 11 is 0. The van der Waals surface area contributed by atoms with Gasteiger partial charge in [0.25, 0.3) is 0 Å². The third-order valence-electron chi connectivity index (χ3n) is 14.0. The first-order valence-electron chi connectivity index (χ1n) is 20.9. The van der Waals surface area contributed by atoms with Crippen molar-refractivity contribution in [3.05, 3.63) is 191 Å². The van der Waals surface area contributed by atoms with E-state index in [0.717, 1.165) is 48.6 Å². The number of rotatable bonds is 7. The fourth-order valence-corrected chi connectivity index (χ4v) is 11.1. The number of aliphatic imine (C=N–C) groups is 1. The van der Waals surface area contributed by atoms with Crippen molar-refractivity contribution in [2.24, 2.45) is 34.6 Å². The molecule has 56 heavy (non-hydrogen) atoms. The monoisotopic (exact) mass is 729 g/mol. The molecule has 4 aromatic carbocycles. The van der Waals surface area contributed by atoms with Gasteiger partial charge < -0.3 is 4.74 Å². The second kappa shape index (κ2) is 13.6. The molecule has 5 atom stereocenters. The maximum Gasteiger partial charge on any atom is 0.133 e. The average molecular weight is 730 g/mol. The van der Waals surface area contributed by atoms with Crippen LogP contribution in [0.4, 0.5) is 5.69 Å². The van der Waals surface area contributed by atoms with E-state index >= 15 is 0 Å². The summed E-state index contributed by atoms with van der Waals surface area (Å²) in [6, 6.07) is 31.7. The molecule has 0 bridgehead atoms. The third kappa shape index (κ3) is 5.32. The van der Waals surface area contributed by atoms with E-state index in [2.05, 4.69) is 186 Å². The molecule has 0 aromatic heterocycles. The predicted molar refractivity (Wildman–Crippen MR) is 234 cm³/mol. The van der Waals surface area contributed by atoms with Crippen LogP contribution >= 0.6 is 0 Å². The van der Waals surface area contributed by atoms with Gasteiger partial charge >= 0.3 is 0 Å². The van der Waals surface area contributed by atoms with Gasteiger partial charge in [-0.2, -0.15) is 0 Å². The highest BCUT2D eigenvalue weighted by molar-refractivity contribution is 6.05. The first-order valence-corrected chi connectivity index (χ1v) is 20.9. The Morgan fingerprint density at radius 1 is 0.750 bits per heavy atom. The zero-order valence-electron chi connectivity index (χ0n) is 33.1. The minimum atomic E-state index is -0.235. The van der Waals surface area contributed by atoms with E-state index in [-0.39, 0.29) is 10.8 Å². The van der Waals surface area contributed by atoms with Crippen LogP contribution in [0.15, 0.2) is 168 Å². The van der Waals surface area contributed by atoms with Gasteiger partial charge in [-0.05, 0) is 106 Å². The number of para-hydroxylation sites is 1. The minimum absolute atomic E-state index is 0.0330. The molecule has 1 heterocycles. The molecule has 1 fully saturated rings. The van der Waals surface area contributed by atoms with Crippen molar-refractivity contribution >= 4 is 17.0 Å². The Labute approximate surface area is 333 Å². The summed E-state index contributed by atoms with van der Waals surface area (Å²) in [6.07, 6.45) is 32.2. The summed E-state index contributed by atoms with van der Waals surface area (Å²) in [7, 11) is 0. The molecule has 1 aliphatic heterocycles. The summed E-state index contributed by atoms with van der Waals surface area (Å²) in [6.45, 7) is 9.42. The Morgan fingerprint density at radius 3 is 2.20 bits per heavy atom. The van der Waals surface area contributed by atoms with Gasteiger partial charge in [0.1, 0.15) is 11.5 Å². The van der Waals surface area contributed by atoms with E-state index < -0.39 is 0 Å². The maximum absolute atomic E-state index is 6.88. The molecule has 4 aromatic rings. The summed E-state index contributed by atoms with van der Waals surface area (Å²) in [5, 5.41) is 0. The SMILES string of the molecule is CCC(C)/C(=C/C/C(=N\c1ccc2c(c1)Oc1ccccc1C21C2C=CC=CC2C2C=CC=CC21)C1=CCCC=C1)c1ccc2c(c1)C(C)(C)c1ccccc1-2. The fraction of sp³-hybridized carbons (Fsp3) is 0.278. The molecule has 1 spiro atoms. The lowest BCUT2D eigenvalue weighted by molar-refractivity contribution is 0.310. The molecule has 5 unspecified atom stereocenters. The molecule has 6 aliphatic rings. The third-order valence-corrected chi connectivity index (χ3v) is 14.0. The zero-order chi connectivity index (χ0) is 38.0. The first kappa shape index (κ1) is 35.0. The number of allylic oxidation sites excluding steroid dienone is 14. The number of benzene rings is 4. The van der Waals surface area contributed by atoms with Crippen molar-refractivity contribution in [2.45, 2.75) is 64.2 Å². The van der Waals surface area contributed by atoms with Crippen LogP contribution in [-0.2, 0) is 10.8 Å². The van der Waals surface area contributed by atoms with Gasteiger partial charge in [0, 0.05) is 34.4 Å². The van der Waals surface area contributed by atoms with Crippen molar-refractivity contribution in [3.63, 3.8) is 0 Å². The first-order chi connectivity index (χ1) is 27.4. The molecule has 0 saturated heterocycles. The van der Waals surface area contributed by atoms with Gasteiger partial charge in [0.15, 0.2) is 0 Å². The Kier molecular flexibility index (Phi) is 8.51. The average Bonchev–Trinajstić information content (AvgIpc) is 3.66. The van der Waals surface area contributed by atoms with Crippen LogP contribution in [0.3, 0.4) is 0 Å². The normalized spacial score (nSPS) is 26.5. The molecule has 0 amide bonds. The van der Waals surface area contributed by atoms with E-state index in [1.807, 2.05) is 0 Å². The van der Waals surface area contributed by atoms with Crippen molar-refractivity contribution < 1.29 is 4.74 Å². The van der Waals surface area contributed by atoms with E-state index in [1.165, 1.54) is 50.1 Å². The van der Waals surface area contributed by atoms with Gasteiger partial charge in [0.2, 0.25) is 0 Å². The van der Waals surface area contributed by atoms with Crippen molar-refractivity contribution in [1.82, 2.24) is 0 Å². The van der Waals surface area contributed by atoms with Gasteiger partial charge in [0.05, 0.1) is 11.4 Å². The smallest absolute Gasteiger partial charge is 0.133 e. The van der Waals surface area contributed by atoms with Gasteiger partial charge in [-0.3, -0.25) is 4.99 Å². The minimum Gasteiger partial charge on any atom is -0.457 e. The van der Waals surface area contributed by atoms with E-state index in [0.29, 0.717) is 29.6 Å². The molecule has 2 nitrogen and oxygen atoms in total. The standard InChI is InChI=1S/C54H51NO/c1-5-35(2)39(37-27-29-43-40-19-9-12-22-44(40)53(3,4)49(43)33-37)30-32-50(36-17-7-6-8-18-36)55-38-28-31-48-52(34-38)56-51-26-16-15-25-47(51)54(48)45-23-13-10-20-41(45)42-21-11-14-24-46(42)54/h7,9-31,33-35,41-42,45-46H,5-6,8,32H2,1-4H3/b39-30-,55-50+. The van der Waals surface area contributed by atoms with Crippen LogP contribution in [0.1, 0.15) is 81.2 Å². The highest BCUT2D eigenvalue weighted by atomic mass is 16.5. The van der Waals surface area contributed by atoms with E-state index in [1.54, 1.807) is 0 Å². The topological polar surface area (TPSA) is 21.6 Å². The summed E-state index contributed by atoms with van der Waals surface area (Å²) in [5.41, 5.74) is 13.9. The Balaban J connectivity index is 1.06. The maximum atomic E-state index is 6.88. The van der Waals surface area contributed by atoms with Crippen LogP contribution in [0.25, 0.3) is 16.7 Å². The lowest BCUT2D eigenvalue weighted by atomic mass is 9.59. The lowest BCUT2D eigenvalue weighted by Gasteiger charge is -2.45. The summed E-state index contributed by atoms with van der Waals surface area (Å²) < 4.78 is 6.88. The Morgan fingerprint density at radius 2 is 1.45 bits per heavy atom. The number of hydrogen-bond donors (Lipinski definition) is 0. The number of ether oxygens (including phenoxy) is 1. The second-order valence-corrected chi connectivity index (χ2v) is 17.2. The number of fused-ring (bicyclic) bond motifs is 12.